The van der Waals surface area contributed by atoms with E-state index in [1.54, 1.807) is 6.92 Å². The molecule has 0 amide bonds. The minimum Gasteiger partial charge on any atom is -0.465 e. The molecule has 0 saturated carbocycles. The fourth-order valence-corrected chi connectivity index (χ4v) is 3.94. The number of hydrogen-bond donors (Lipinski definition) is 0. The molecule has 4 heteroatoms. The summed E-state index contributed by atoms with van der Waals surface area (Å²) >= 11 is 0. The Kier molecular flexibility index (Phi) is 3.08. The van der Waals surface area contributed by atoms with Crippen LogP contribution in [0.4, 0.5) is 0 Å². The van der Waals surface area contributed by atoms with Crippen LogP contribution in [0.15, 0.2) is 24.3 Å². The van der Waals surface area contributed by atoms with Gasteiger partial charge in [-0.2, -0.15) is 0 Å². The van der Waals surface area contributed by atoms with Crippen molar-refractivity contribution >= 4 is 11.9 Å². The lowest BCUT2D eigenvalue weighted by Gasteiger charge is -2.45. The van der Waals surface area contributed by atoms with Gasteiger partial charge in [-0.3, -0.25) is 9.59 Å². The third kappa shape index (κ3) is 1.74. The molecule has 2 aliphatic rings. The van der Waals surface area contributed by atoms with E-state index in [0.717, 1.165) is 5.56 Å². The van der Waals surface area contributed by atoms with Crippen molar-refractivity contribution in [2.45, 2.75) is 32.6 Å². The summed E-state index contributed by atoms with van der Waals surface area (Å²) < 4.78 is 10.5. The highest BCUT2D eigenvalue weighted by atomic mass is 16.6. The number of esters is 2. The summed E-state index contributed by atoms with van der Waals surface area (Å²) in [7, 11) is 0. The molecule has 1 aliphatic heterocycles. The lowest BCUT2D eigenvalue weighted by atomic mass is 9.55. The molecule has 4 nitrogen and oxygen atoms in total. The largest absolute Gasteiger partial charge is 0.465 e. The van der Waals surface area contributed by atoms with Crippen molar-refractivity contribution in [2.75, 3.05) is 13.2 Å². The van der Waals surface area contributed by atoms with Gasteiger partial charge in [-0.25, -0.2) is 0 Å². The Morgan fingerprint density at radius 2 is 2.10 bits per heavy atom. The Bertz CT molecular complexity index is 605. The van der Waals surface area contributed by atoms with Gasteiger partial charge in [-0.15, -0.1) is 0 Å². The van der Waals surface area contributed by atoms with E-state index in [1.807, 2.05) is 18.2 Å². The number of carbonyl (C=O) groups is 2. The van der Waals surface area contributed by atoms with Crippen LogP contribution in [0.1, 0.15) is 31.9 Å². The smallest absolute Gasteiger partial charge is 0.324 e. The lowest BCUT2D eigenvalue weighted by molar-refractivity contribution is -0.167. The molecule has 3 rings (SSSR count). The molecular weight excluding hydrogens is 268 g/mol. The molecule has 1 saturated heterocycles. The monoisotopic (exact) mass is 288 g/mol. The molecule has 112 valence electrons. The van der Waals surface area contributed by atoms with E-state index in [9.17, 15) is 9.59 Å². The molecule has 0 N–H and O–H groups in total. The molecular formula is C17H20O4. The van der Waals surface area contributed by atoms with Crippen molar-refractivity contribution in [1.29, 1.82) is 0 Å². The summed E-state index contributed by atoms with van der Waals surface area (Å²) in [5.41, 5.74) is 0.723. The van der Waals surface area contributed by atoms with Gasteiger partial charge in [0.2, 0.25) is 0 Å². The van der Waals surface area contributed by atoms with Crippen molar-refractivity contribution in [3.63, 3.8) is 0 Å². The van der Waals surface area contributed by atoms with E-state index in [-0.39, 0.29) is 24.5 Å². The first-order valence-electron chi connectivity index (χ1n) is 7.37. The van der Waals surface area contributed by atoms with Crippen LogP contribution < -0.4 is 0 Å². The van der Waals surface area contributed by atoms with Crippen LogP contribution in [-0.4, -0.2) is 25.2 Å². The summed E-state index contributed by atoms with van der Waals surface area (Å²) in [5, 5.41) is 0. The topological polar surface area (TPSA) is 52.6 Å². The van der Waals surface area contributed by atoms with E-state index in [0.29, 0.717) is 6.42 Å². The van der Waals surface area contributed by atoms with Crippen LogP contribution >= 0.6 is 0 Å². The molecule has 1 heterocycles. The van der Waals surface area contributed by atoms with Crippen LogP contribution in [0.2, 0.25) is 0 Å². The fraction of sp³-hybridized carbons (Fsp3) is 0.529. The molecule has 21 heavy (non-hydrogen) atoms. The maximum Gasteiger partial charge on any atom is 0.324 e. The first-order chi connectivity index (χ1) is 9.94. The molecule has 0 bridgehead atoms. The first-order valence-corrected chi connectivity index (χ1v) is 7.37. The van der Waals surface area contributed by atoms with Crippen LogP contribution in [-0.2, 0) is 30.9 Å². The van der Waals surface area contributed by atoms with Gasteiger partial charge < -0.3 is 9.47 Å². The molecule has 0 unspecified atom stereocenters. The second-order valence-electron chi connectivity index (χ2n) is 6.40. The van der Waals surface area contributed by atoms with Crippen molar-refractivity contribution in [3.8, 4) is 0 Å². The van der Waals surface area contributed by atoms with Gasteiger partial charge in [0.05, 0.1) is 13.2 Å². The van der Waals surface area contributed by atoms with Crippen LogP contribution in [0, 0.1) is 11.3 Å². The zero-order valence-electron chi connectivity index (χ0n) is 12.6. The lowest BCUT2D eigenvalue weighted by Crippen LogP contribution is -2.54. The maximum absolute atomic E-state index is 12.6. The number of hydrogen-bond acceptors (Lipinski definition) is 4. The van der Waals surface area contributed by atoms with Gasteiger partial charge in [-0.05, 0) is 29.9 Å². The average molecular weight is 288 g/mol. The predicted octanol–water partition coefficient (Wildman–Crippen LogP) is 2.24. The molecule has 0 aromatic heterocycles. The number of benzene rings is 1. The summed E-state index contributed by atoms with van der Waals surface area (Å²) in [6.45, 7) is 6.45. The minimum atomic E-state index is -1.19. The summed E-state index contributed by atoms with van der Waals surface area (Å²) in [4.78, 5) is 25.0. The fourth-order valence-electron chi connectivity index (χ4n) is 3.94. The van der Waals surface area contributed by atoms with Crippen molar-refractivity contribution in [2.24, 2.45) is 11.3 Å². The van der Waals surface area contributed by atoms with Crippen LogP contribution in [0.25, 0.3) is 0 Å². The highest BCUT2D eigenvalue weighted by Gasteiger charge is 2.66. The molecule has 0 spiro atoms. The summed E-state index contributed by atoms with van der Waals surface area (Å²) in [6, 6.07) is 8.00. The van der Waals surface area contributed by atoms with Gasteiger partial charge in [0.1, 0.15) is 0 Å². The Hall–Kier alpha value is -1.84. The van der Waals surface area contributed by atoms with Gasteiger partial charge in [0.15, 0.2) is 5.41 Å². The van der Waals surface area contributed by atoms with Crippen LogP contribution in [0.3, 0.4) is 0 Å². The normalized spacial score (nSPS) is 29.3. The first kappa shape index (κ1) is 14.1. The van der Waals surface area contributed by atoms with E-state index in [4.69, 9.17) is 9.47 Å². The predicted molar refractivity (Wildman–Crippen MR) is 76.7 cm³/mol. The Balaban J connectivity index is 2.18. The van der Waals surface area contributed by atoms with Gasteiger partial charge in [0, 0.05) is 5.92 Å². The molecule has 1 aliphatic carbocycles. The highest BCUT2D eigenvalue weighted by molar-refractivity contribution is 6.02. The second kappa shape index (κ2) is 4.58. The summed E-state index contributed by atoms with van der Waals surface area (Å²) in [6.07, 6.45) is 0.370. The van der Waals surface area contributed by atoms with E-state index in [1.165, 1.54) is 5.56 Å². The van der Waals surface area contributed by atoms with E-state index < -0.39 is 17.4 Å². The number of carbonyl (C=O) groups excluding carboxylic acids is 2. The zero-order valence-corrected chi connectivity index (χ0v) is 12.6. The van der Waals surface area contributed by atoms with Gasteiger partial charge in [0.25, 0.3) is 0 Å². The van der Waals surface area contributed by atoms with Crippen LogP contribution in [0.5, 0.6) is 0 Å². The number of ether oxygens (including phenoxy) is 2. The number of fused-ring (bicyclic) bond motifs is 2. The highest BCUT2D eigenvalue weighted by Crippen LogP contribution is 2.54. The molecule has 1 aromatic rings. The Morgan fingerprint density at radius 3 is 2.81 bits per heavy atom. The van der Waals surface area contributed by atoms with Crippen molar-refractivity contribution in [1.82, 2.24) is 0 Å². The molecule has 1 fully saturated rings. The third-order valence-corrected chi connectivity index (χ3v) is 5.03. The number of cyclic esters (lactones) is 1. The molecule has 2 atom stereocenters. The SMILES string of the molecule is CCOC(=O)[C@@]12Cc3ccccc3C(C)(C)[C@@H]1COC2=O. The van der Waals surface area contributed by atoms with Gasteiger partial charge >= 0.3 is 11.9 Å². The van der Waals surface area contributed by atoms with Gasteiger partial charge in [-0.1, -0.05) is 38.1 Å². The van der Waals surface area contributed by atoms with Crippen molar-refractivity contribution in [3.05, 3.63) is 35.4 Å². The Morgan fingerprint density at radius 1 is 1.38 bits per heavy atom. The molecule has 1 aromatic carbocycles. The Labute approximate surface area is 124 Å². The minimum absolute atomic E-state index is 0.188. The third-order valence-electron chi connectivity index (χ3n) is 5.03. The quantitative estimate of drug-likeness (QED) is 0.618. The zero-order chi connectivity index (χ0) is 15.3. The maximum atomic E-state index is 12.6. The average Bonchev–Trinajstić information content (AvgIpc) is 2.79. The number of rotatable bonds is 2. The van der Waals surface area contributed by atoms with E-state index in [2.05, 4.69) is 19.9 Å². The van der Waals surface area contributed by atoms with Crippen molar-refractivity contribution < 1.29 is 19.1 Å². The second-order valence-corrected chi connectivity index (χ2v) is 6.40. The van der Waals surface area contributed by atoms with E-state index >= 15 is 0 Å². The summed E-state index contributed by atoms with van der Waals surface area (Å²) in [5.74, 6) is -1.07. The standard InChI is InChI=1S/C17H20O4/c1-4-20-14(18)17-9-11-7-5-6-8-12(11)16(2,3)13(17)10-21-15(17)19/h5-8,13H,4,9-10H2,1-3H3/t13-,17+/m0/s1. The molecule has 0 radical (unpaired) electrons.